The minimum atomic E-state index is -0.0962. The van der Waals surface area contributed by atoms with Crippen LogP contribution in [0.15, 0.2) is 24.3 Å². The lowest BCUT2D eigenvalue weighted by Gasteiger charge is -2.07. The van der Waals surface area contributed by atoms with Crippen molar-refractivity contribution in [2.24, 2.45) is 5.73 Å². The fourth-order valence-corrected chi connectivity index (χ4v) is 1.64. The van der Waals surface area contributed by atoms with E-state index in [0.717, 1.165) is 12.0 Å². The molecule has 0 spiro atoms. The molecule has 0 aliphatic heterocycles. The van der Waals surface area contributed by atoms with Gasteiger partial charge in [0.1, 0.15) is 0 Å². The van der Waals surface area contributed by atoms with E-state index in [0.29, 0.717) is 12.1 Å². The second-order valence-corrected chi connectivity index (χ2v) is 4.91. The monoisotopic (exact) mass is 262 g/mol. The molecule has 1 rings (SSSR count). The fraction of sp³-hybridized carbons (Fsp3) is 0.467. The van der Waals surface area contributed by atoms with Crippen LogP contribution in [0.2, 0.25) is 0 Å². The van der Waals surface area contributed by atoms with Crippen molar-refractivity contribution >= 4 is 11.7 Å². The van der Waals surface area contributed by atoms with Crippen molar-refractivity contribution < 1.29 is 9.59 Å². The molecule has 0 saturated heterocycles. The first-order valence-corrected chi connectivity index (χ1v) is 6.61. The summed E-state index contributed by atoms with van der Waals surface area (Å²) >= 11 is 0. The number of carbonyl (C=O) groups is 2. The maximum Gasteiger partial charge on any atom is 0.220 e. The Labute approximate surface area is 114 Å². The molecule has 0 aliphatic rings. The summed E-state index contributed by atoms with van der Waals surface area (Å²) in [5, 5.41) is 2.76. The zero-order valence-electron chi connectivity index (χ0n) is 11.6. The van der Waals surface area contributed by atoms with Crippen molar-refractivity contribution in [2.45, 2.75) is 39.2 Å². The zero-order chi connectivity index (χ0) is 14.3. The number of ketones is 1. The Morgan fingerprint density at radius 3 is 2.42 bits per heavy atom. The Bertz CT molecular complexity index is 424. The van der Waals surface area contributed by atoms with Crippen LogP contribution in [0, 0.1) is 6.92 Å². The average Bonchev–Trinajstić information content (AvgIpc) is 2.36. The van der Waals surface area contributed by atoms with Gasteiger partial charge in [-0.3, -0.25) is 9.59 Å². The highest BCUT2D eigenvalue weighted by molar-refractivity contribution is 5.97. The van der Waals surface area contributed by atoms with Crippen LogP contribution in [0.3, 0.4) is 0 Å². The van der Waals surface area contributed by atoms with Crippen LogP contribution in [-0.2, 0) is 4.79 Å². The lowest BCUT2D eigenvalue weighted by atomic mass is 10.0. The molecule has 1 unspecified atom stereocenters. The van der Waals surface area contributed by atoms with Gasteiger partial charge in [-0.1, -0.05) is 29.8 Å². The van der Waals surface area contributed by atoms with E-state index < -0.39 is 0 Å². The van der Waals surface area contributed by atoms with E-state index in [1.807, 2.05) is 26.0 Å². The average molecular weight is 262 g/mol. The van der Waals surface area contributed by atoms with Crippen LogP contribution in [0.4, 0.5) is 0 Å². The van der Waals surface area contributed by atoms with Crippen LogP contribution in [-0.4, -0.2) is 24.3 Å². The number of hydrogen-bond donors (Lipinski definition) is 2. The Morgan fingerprint density at radius 1 is 1.21 bits per heavy atom. The van der Waals surface area contributed by atoms with Crippen molar-refractivity contribution in [3.8, 4) is 0 Å². The van der Waals surface area contributed by atoms with Crippen molar-refractivity contribution in [1.82, 2.24) is 5.32 Å². The number of rotatable bonds is 7. The van der Waals surface area contributed by atoms with Gasteiger partial charge < -0.3 is 11.1 Å². The predicted molar refractivity (Wildman–Crippen MR) is 76.0 cm³/mol. The van der Waals surface area contributed by atoms with Gasteiger partial charge in [-0.15, -0.1) is 0 Å². The minimum Gasteiger partial charge on any atom is -0.356 e. The molecule has 0 heterocycles. The quantitative estimate of drug-likeness (QED) is 0.736. The van der Waals surface area contributed by atoms with Gasteiger partial charge in [0.25, 0.3) is 0 Å². The number of Topliss-reactive ketones (excluding diaryl/α,β-unsaturated/α-hetero) is 1. The summed E-state index contributed by atoms with van der Waals surface area (Å²) in [5.41, 5.74) is 7.36. The van der Waals surface area contributed by atoms with E-state index in [1.54, 1.807) is 12.1 Å². The minimum absolute atomic E-state index is 0.00217. The maximum absolute atomic E-state index is 11.8. The van der Waals surface area contributed by atoms with E-state index in [4.69, 9.17) is 5.73 Å². The molecule has 1 aromatic carbocycles. The molecule has 1 aromatic rings. The standard InChI is InChI=1S/C15H22N2O2/c1-11-3-5-13(6-4-11)14(18)7-8-15(19)17-10-9-12(2)16/h3-6,12H,7-10,16H2,1-2H3,(H,17,19). The van der Waals surface area contributed by atoms with Crippen molar-refractivity contribution in [2.75, 3.05) is 6.54 Å². The van der Waals surface area contributed by atoms with Gasteiger partial charge in [0.15, 0.2) is 5.78 Å². The van der Waals surface area contributed by atoms with E-state index in [-0.39, 0.29) is 30.6 Å². The van der Waals surface area contributed by atoms with Gasteiger partial charge in [-0.05, 0) is 20.3 Å². The zero-order valence-corrected chi connectivity index (χ0v) is 11.6. The second kappa shape index (κ2) is 7.69. The molecule has 4 heteroatoms. The van der Waals surface area contributed by atoms with Gasteiger partial charge in [-0.25, -0.2) is 0 Å². The van der Waals surface area contributed by atoms with Crippen LogP contribution < -0.4 is 11.1 Å². The molecule has 1 atom stereocenters. The largest absolute Gasteiger partial charge is 0.356 e. The molecule has 0 fully saturated rings. The number of carbonyl (C=O) groups excluding carboxylic acids is 2. The smallest absolute Gasteiger partial charge is 0.220 e. The Hall–Kier alpha value is -1.68. The lowest BCUT2D eigenvalue weighted by Crippen LogP contribution is -2.29. The highest BCUT2D eigenvalue weighted by atomic mass is 16.2. The second-order valence-electron chi connectivity index (χ2n) is 4.91. The number of amides is 1. The number of aryl methyl sites for hydroxylation is 1. The third kappa shape index (κ3) is 6.15. The van der Waals surface area contributed by atoms with Gasteiger partial charge in [0.05, 0.1) is 0 Å². The molecule has 0 bridgehead atoms. The van der Waals surface area contributed by atoms with Crippen LogP contribution in [0.1, 0.15) is 42.1 Å². The number of hydrogen-bond acceptors (Lipinski definition) is 3. The SMILES string of the molecule is Cc1ccc(C(=O)CCC(=O)NCCC(C)N)cc1. The molecule has 19 heavy (non-hydrogen) atoms. The van der Waals surface area contributed by atoms with Gasteiger partial charge in [0.2, 0.25) is 5.91 Å². The summed E-state index contributed by atoms with van der Waals surface area (Å²) in [6, 6.07) is 7.47. The highest BCUT2D eigenvalue weighted by Crippen LogP contribution is 2.07. The van der Waals surface area contributed by atoms with Crippen LogP contribution in [0.5, 0.6) is 0 Å². The molecule has 0 aromatic heterocycles. The third-order valence-corrected chi connectivity index (χ3v) is 2.87. The normalized spacial score (nSPS) is 11.9. The van der Waals surface area contributed by atoms with Crippen molar-refractivity contribution in [3.63, 3.8) is 0 Å². The molecular formula is C15H22N2O2. The summed E-state index contributed by atoms with van der Waals surface area (Å²) in [7, 11) is 0. The van der Waals surface area contributed by atoms with Crippen LogP contribution >= 0.6 is 0 Å². The Kier molecular flexibility index (Phi) is 6.22. The molecule has 0 saturated carbocycles. The summed E-state index contributed by atoms with van der Waals surface area (Å²) in [5.74, 6) is -0.0940. The Balaban J connectivity index is 2.30. The number of benzene rings is 1. The van der Waals surface area contributed by atoms with E-state index in [9.17, 15) is 9.59 Å². The van der Waals surface area contributed by atoms with Crippen molar-refractivity contribution in [1.29, 1.82) is 0 Å². The molecule has 3 N–H and O–H groups in total. The van der Waals surface area contributed by atoms with E-state index >= 15 is 0 Å². The van der Waals surface area contributed by atoms with E-state index in [2.05, 4.69) is 5.32 Å². The molecule has 0 aliphatic carbocycles. The number of nitrogens with two attached hydrogens (primary N) is 1. The third-order valence-electron chi connectivity index (χ3n) is 2.87. The molecule has 0 radical (unpaired) electrons. The highest BCUT2D eigenvalue weighted by Gasteiger charge is 2.09. The van der Waals surface area contributed by atoms with Gasteiger partial charge in [0, 0.05) is 31.0 Å². The first-order chi connectivity index (χ1) is 8.99. The number of nitrogens with one attached hydrogen (secondary N) is 1. The summed E-state index contributed by atoms with van der Waals surface area (Å²) in [6.45, 7) is 4.43. The maximum atomic E-state index is 11.8. The molecular weight excluding hydrogens is 240 g/mol. The van der Waals surface area contributed by atoms with Gasteiger partial charge in [-0.2, -0.15) is 0 Å². The first kappa shape index (κ1) is 15.4. The lowest BCUT2D eigenvalue weighted by molar-refractivity contribution is -0.121. The summed E-state index contributed by atoms with van der Waals surface area (Å²) < 4.78 is 0. The molecule has 1 amide bonds. The Morgan fingerprint density at radius 2 is 1.84 bits per heavy atom. The van der Waals surface area contributed by atoms with E-state index in [1.165, 1.54) is 0 Å². The van der Waals surface area contributed by atoms with Crippen LogP contribution in [0.25, 0.3) is 0 Å². The predicted octanol–water partition coefficient (Wildman–Crippen LogP) is 1.81. The summed E-state index contributed by atoms with van der Waals surface area (Å²) in [4.78, 5) is 23.4. The van der Waals surface area contributed by atoms with Crippen molar-refractivity contribution in [3.05, 3.63) is 35.4 Å². The topological polar surface area (TPSA) is 72.2 Å². The van der Waals surface area contributed by atoms with Gasteiger partial charge >= 0.3 is 0 Å². The first-order valence-electron chi connectivity index (χ1n) is 6.61. The molecule has 4 nitrogen and oxygen atoms in total. The molecule has 104 valence electrons. The fourth-order valence-electron chi connectivity index (χ4n) is 1.64. The summed E-state index contributed by atoms with van der Waals surface area (Å²) in [6.07, 6.45) is 1.22.